The van der Waals surface area contributed by atoms with E-state index in [1.807, 2.05) is 0 Å². The molecule has 0 aromatic rings. The second-order valence-electron chi connectivity index (χ2n) is 5.64. The van der Waals surface area contributed by atoms with Gasteiger partial charge in [-0.05, 0) is 32.7 Å². The largest absolute Gasteiger partial charge is 0.380 e. The molecule has 21 heavy (non-hydrogen) atoms. The van der Waals surface area contributed by atoms with Crippen LogP contribution in [0.25, 0.3) is 0 Å². The summed E-state index contributed by atoms with van der Waals surface area (Å²) >= 11 is 0. The summed E-state index contributed by atoms with van der Waals surface area (Å²) in [6.45, 7) is 18.3. The maximum Gasteiger partial charge on any atom is 0.0593 e. The van der Waals surface area contributed by atoms with Gasteiger partial charge in [0, 0.05) is 38.9 Å². The van der Waals surface area contributed by atoms with Gasteiger partial charge in [0.1, 0.15) is 0 Å². The molecule has 0 fully saturated rings. The fourth-order valence-corrected chi connectivity index (χ4v) is 2.31. The van der Waals surface area contributed by atoms with Crippen molar-refractivity contribution in [3.8, 4) is 0 Å². The van der Waals surface area contributed by atoms with Crippen LogP contribution in [0.4, 0.5) is 0 Å². The van der Waals surface area contributed by atoms with Crippen LogP contribution in [0, 0.1) is 5.92 Å². The van der Waals surface area contributed by atoms with E-state index < -0.39 is 0 Å². The first-order valence-electron chi connectivity index (χ1n) is 8.80. The highest BCUT2D eigenvalue weighted by Gasteiger charge is 2.18. The summed E-state index contributed by atoms with van der Waals surface area (Å²) in [6, 6.07) is 0.554. The lowest BCUT2D eigenvalue weighted by atomic mass is 9.98. The lowest BCUT2D eigenvalue weighted by Gasteiger charge is -2.31. The van der Waals surface area contributed by atoms with Gasteiger partial charge in [-0.2, -0.15) is 0 Å². The van der Waals surface area contributed by atoms with Crippen LogP contribution >= 0.6 is 0 Å². The van der Waals surface area contributed by atoms with Crippen molar-refractivity contribution >= 4 is 0 Å². The highest BCUT2D eigenvalue weighted by molar-refractivity contribution is 4.77. The first-order valence-corrected chi connectivity index (χ1v) is 8.80. The van der Waals surface area contributed by atoms with Gasteiger partial charge in [-0.15, -0.1) is 0 Å². The zero-order valence-corrected chi connectivity index (χ0v) is 15.0. The van der Waals surface area contributed by atoms with E-state index in [1.165, 1.54) is 12.8 Å². The highest BCUT2D eigenvalue weighted by Crippen LogP contribution is 2.10. The predicted octanol–water partition coefficient (Wildman–Crippen LogP) is 2.78. The van der Waals surface area contributed by atoms with Crippen molar-refractivity contribution in [2.24, 2.45) is 5.92 Å². The molecule has 0 bridgehead atoms. The minimum Gasteiger partial charge on any atom is -0.380 e. The van der Waals surface area contributed by atoms with Gasteiger partial charge in [-0.25, -0.2) is 0 Å². The molecule has 0 saturated carbocycles. The van der Waals surface area contributed by atoms with Crippen LogP contribution in [0.15, 0.2) is 0 Å². The van der Waals surface area contributed by atoms with Gasteiger partial charge in [0.15, 0.2) is 0 Å². The topological polar surface area (TPSA) is 33.7 Å². The van der Waals surface area contributed by atoms with Crippen molar-refractivity contribution in [1.82, 2.24) is 10.2 Å². The van der Waals surface area contributed by atoms with Crippen LogP contribution in [-0.4, -0.2) is 63.5 Å². The molecule has 2 atom stereocenters. The Hall–Kier alpha value is -0.160. The fraction of sp³-hybridized carbons (Fsp3) is 1.00. The fourth-order valence-electron chi connectivity index (χ4n) is 2.31. The Morgan fingerprint density at radius 3 is 1.95 bits per heavy atom. The third-order valence-corrected chi connectivity index (χ3v) is 3.95. The molecule has 0 heterocycles. The predicted molar refractivity (Wildman–Crippen MR) is 91.0 cm³/mol. The Labute approximate surface area is 132 Å². The van der Waals surface area contributed by atoms with E-state index in [4.69, 9.17) is 9.47 Å². The van der Waals surface area contributed by atoms with Crippen molar-refractivity contribution in [3.63, 3.8) is 0 Å². The Morgan fingerprint density at radius 1 is 0.952 bits per heavy atom. The Balaban J connectivity index is 4.37. The average Bonchev–Trinajstić information content (AvgIpc) is 2.50. The van der Waals surface area contributed by atoms with Gasteiger partial charge in [0.25, 0.3) is 0 Å². The smallest absolute Gasteiger partial charge is 0.0593 e. The average molecular weight is 303 g/mol. The molecule has 0 spiro atoms. The number of ether oxygens (including phenoxy) is 2. The quantitative estimate of drug-likeness (QED) is 0.472. The molecule has 0 aromatic carbocycles. The highest BCUT2D eigenvalue weighted by atomic mass is 16.5. The summed E-state index contributed by atoms with van der Waals surface area (Å²) in [5, 5.41) is 3.71. The summed E-state index contributed by atoms with van der Waals surface area (Å²) < 4.78 is 11.0. The molecule has 0 amide bonds. The van der Waals surface area contributed by atoms with E-state index in [-0.39, 0.29) is 0 Å². The summed E-state index contributed by atoms with van der Waals surface area (Å²) in [5.41, 5.74) is 0. The van der Waals surface area contributed by atoms with Crippen LogP contribution in [0.1, 0.15) is 47.5 Å². The summed E-state index contributed by atoms with van der Waals surface area (Å²) in [5.74, 6) is 0.693. The van der Waals surface area contributed by atoms with E-state index in [1.54, 1.807) is 0 Å². The van der Waals surface area contributed by atoms with Gasteiger partial charge >= 0.3 is 0 Å². The molecule has 4 heteroatoms. The van der Waals surface area contributed by atoms with Gasteiger partial charge in [0.2, 0.25) is 0 Å². The molecule has 0 radical (unpaired) electrons. The SMILES string of the molecule is CCCNC(CN(CCOCC)CCOCC)C(C)CC. The summed E-state index contributed by atoms with van der Waals surface area (Å²) in [4.78, 5) is 2.48. The van der Waals surface area contributed by atoms with Gasteiger partial charge in [-0.3, -0.25) is 4.90 Å². The third-order valence-electron chi connectivity index (χ3n) is 3.95. The molecule has 0 aliphatic rings. The van der Waals surface area contributed by atoms with Crippen molar-refractivity contribution < 1.29 is 9.47 Å². The Bertz CT molecular complexity index is 205. The van der Waals surface area contributed by atoms with Crippen molar-refractivity contribution in [1.29, 1.82) is 0 Å². The number of nitrogens with one attached hydrogen (secondary N) is 1. The van der Waals surface area contributed by atoms with Gasteiger partial charge in [0.05, 0.1) is 13.2 Å². The maximum atomic E-state index is 5.52. The summed E-state index contributed by atoms with van der Waals surface area (Å²) in [6.07, 6.45) is 2.40. The van der Waals surface area contributed by atoms with E-state index >= 15 is 0 Å². The summed E-state index contributed by atoms with van der Waals surface area (Å²) in [7, 11) is 0. The van der Waals surface area contributed by atoms with Crippen LogP contribution in [-0.2, 0) is 9.47 Å². The standard InChI is InChI=1S/C17H38N2O2/c1-6-10-18-17(16(5)7-2)15-19(11-13-20-8-3)12-14-21-9-4/h16-18H,6-15H2,1-5H3. The number of hydrogen-bond donors (Lipinski definition) is 1. The Morgan fingerprint density at radius 2 is 1.52 bits per heavy atom. The maximum absolute atomic E-state index is 5.52. The van der Waals surface area contributed by atoms with E-state index in [0.717, 1.165) is 52.6 Å². The minimum atomic E-state index is 0.554. The minimum absolute atomic E-state index is 0.554. The van der Waals surface area contributed by atoms with Gasteiger partial charge < -0.3 is 14.8 Å². The zero-order chi connectivity index (χ0) is 15.9. The molecular formula is C17H38N2O2. The first-order chi connectivity index (χ1) is 10.2. The molecular weight excluding hydrogens is 264 g/mol. The number of hydrogen-bond acceptors (Lipinski definition) is 4. The van der Waals surface area contributed by atoms with Crippen molar-refractivity contribution in [3.05, 3.63) is 0 Å². The number of rotatable bonds is 15. The van der Waals surface area contributed by atoms with Crippen LogP contribution < -0.4 is 5.32 Å². The Kier molecular flexibility index (Phi) is 14.7. The molecule has 1 N–H and O–H groups in total. The normalized spacial score (nSPS) is 14.6. The molecule has 0 aliphatic carbocycles. The van der Waals surface area contributed by atoms with Gasteiger partial charge in [-0.1, -0.05) is 27.2 Å². The lowest BCUT2D eigenvalue weighted by Crippen LogP contribution is -2.46. The van der Waals surface area contributed by atoms with Crippen molar-refractivity contribution in [2.75, 3.05) is 52.6 Å². The number of nitrogens with zero attached hydrogens (tertiary/aromatic N) is 1. The van der Waals surface area contributed by atoms with E-state index in [0.29, 0.717) is 12.0 Å². The molecule has 128 valence electrons. The van der Waals surface area contributed by atoms with E-state index in [9.17, 15) is 0 Å². The van der Waals surface area contributed by atoms with Crippen LogP contribution in [0.3, 0.4) is 0 Å². The second kappa shape index (κ2) is 14.8. The van der Waals surface area contributed by atoms with Crippen LogP contribution in [0.2, 0.25) is 0 Å². The molecule has 0 aromatic heterocycles. The lowest BCUT2D eigenvalue weighted by molar-refractivity contribution is 0.0747. The molecule has 2 unspecified atom stereocenters. The molecule has 4 nitrogen and oxygen atoms in total. The third kappa shape index (κ3) is 11.1. The van der Waals surface area contributed by atoms with Crippen molar-refractivity contribution in [2.45, 2.75) is 53.5 Å². The first kappa shape index (κ1) is 20.8. The monoisotopic (exact) mass is 302 g/mol. The van der Waals surface area contributed by atoms with Crippen LogP contribution in [0.5, 0.6) is 0 Å². The molecule has 0 saturated heterocycles. The van der Waals surface area contributed by atoms with E-state index in [2.05, 4.69) is 44.8 Å². The second-order valence-corrected chi connectivity index (χ2v) is 5.64. The molecule has 0 aliphatic heterocycles. The molecule has 0 rings (SSSR count). The zero-order valence-electron chi connectivity index (χ0n) is 15.0.